The third-order valence-electron chi connectivity index (χ3n) is 3.25. The minimum absolute atomic E-state index is 0.746. The van der Waals surface area contributed by atoms with E-state index in [2.05, 4.69) is 62.5 Å². The molecule has 1 rings (SSSR count). The SMILES string of the molecule is CC(=CCCNCC(C)C)CCCc1ccccc1. The zero-order valence-corrected chi connectivity index (χ0v) is 12.8. The van der Waals surface area contributed by atoms with E-state index in [1.54, 1.807) is 0 Å². The molecule has 0 saturated carbocycles. The number of rotatable bonds is 9. The van der Waals surface area contributed by atoms with Gasteiger partial charge in [0.05, 0.1) is 0 Å². The molecule has 0 aromatic heterocycles. The van der Waals surface area contributed by atoms with Crippen LogP contribution in [0.25, 0.3) is 0 Å². The summed E-state index contributed by atoms with van der Waals surface area (Å²) in [7, 11) is 0. The van der Waals surface area contributed by atoms with E-state index in [-0.39, 0.29) is 0 Å². The lowest BCUT2D eigenvalue weighted by Gasteiger charge is -2.06. The van der Waals surface area contributed by atoms with Crippen LogP contribution >= 0.6 is 0 Å². The van der Waals surface area contributed by atoms with Crippen molar-refractivity contribution >= 4 is 0 Å². The lowest BCUT2D eigenvalue weighted by Crippen LogP contribution is -2.20. The Morgan fingerprint density at radius 1 is 1.21 bits per heavy atom. The van der Waals surface area contributed by atoms with Gasteiger partial charge in [0, 0.05) is 0 Å². The maximum Gasteiger partial charge on any atom is -0.00141 e. The van der Waals surface area contributed by atoms with E-state index < -0.39 is 0 Å². The summed E-state index contributed by atoms with van der Waals surface area (Å²) in [6, 6.07) is 10.8. The molecule has 1 aromatic carbocycles. The molecule has 0 fully saturated rings. The molecule has 0 aliphatic carbocycles. The van der Waals surface area contributed by atoms with Crippen molar-refractivity contribution in [2.45, 2.75) is 46.5 Å². The summed E-state index contributed by atoms with van der Waals surface area (Å²) < 4.78 is 0. The zero-order valence-electron chi connectivity index (χ0n) is 12.8. The van der Waals surface area contributed by atoms with Gasteiger partial charge in [0.2, 0.25) is 0 Å². The first-order valence-corrected chi connectivity index (χ1v) is 7.58. The lowest BCUT2D eigenvalue weighted by atomic mass is 10.0. The number of nitrogens with one attached hydrogen (secondary N) is 1. The molecule has 0 bridgehead atoms. The van der Waals surface area contributed by atoms with Gasteiger partial charge in [-0.15, -0.1) is 0 Å². The predicted molar refractivity (Wildman–Crippen MR) is 85.5 cm³/mol. The molecule has 0 radical (unpaired) electrons. The van der Waals surface area contributed by atoms with Gasteiger partial charge in [-0.05, 0) is 57.2 Å². The molecule has 19 heavy (non-hydrogen) atoms. The van der Waals surface area contributed by atoms with Crippen molar-refractivity contribution in [1.82, 2.24) is 5.32 Å². The normalized spacial score (nSPS) is 12.1. The minimum Gasteiger partial charge on any atom is -0.316 e. The number of hydrogen-bond acceptors (Lipinski definition) is 1. The van der Waals surface area contributed by atoms with Crippen molar-refractivity contribution < 1.29 is 0 Å². The molecule has 1 nitrogen and oxygen atoms in total. The van der Waals surface area contributed by atoms with Crippen LogP contribution in [0.2, 0.25) is 0 Å². The Hall–Kier alpha value is -1.08. The highest BCUT2D eigenvalue weighted by molar-refractivity contribution is 5.14. The van der Waals surface area contributed by atoms with Crippen molar-refractivity contribution in [2.75, 3.05) is 13.1 Å². The molecule has 106 valence electrons. The van der Waals surface area contributed by atoms with Crippen molar-refractivity contribution in [1.29, 1.82) is 0 Å². The first-order valence-electron chi connectivity index (χ1n) is 7.58. The van der Waals surface area contributed by atoms with Crippen LogP contribution in [0, 0.1) is 5.92 Å². The highest BCUT2D eigenvalue weighted by Gasteiger charge is 1.95. The highest BCUT2D eigenvalue weighted by atomic mass is 14.8. The second-order valence-corrected chi connectivity index (χ2v) is 5.78. The molecule has 0 atom stereocenters. The van der Waals surface area contributed by atoms with Gasteiger partial charge in [0.15, 0.2) is 0 Å². The number of aryl methyl sites for hydroxylation is 1. The summed E-state index contributed by atoms with van der Waals surface area (Å²) in [6.07, 6.45) is 7.21. The summed E-state index contributed by atoms with van der Waals surface area (Å²) in [5.41, 5.74) is 2.98. The van der Waals surface area contributed by atoms with Gasteiger partial charge in [0.25, 0.3) is 0 Å². The maximum absolute atomic E-state index is 3.48. The molecule has 0 spiro atoms. The zero-order chi connectivity index (χ0) is 13.9. The van der Waals surface area contributed by atoms with E-state index in [0.717, 1.165) is 25.4 Å². The third kappa shape index (κ3) is 8.61. The number of benzene rings is 1. The quantitative estimate of drug-likeness (QED) is 0.505. The predicted octanol–water partition coefficient (Wildman–Crippen LogP) is 4.59. The summed E-state index contributed by atoms with van der Waals surface area (Å²) >= 11 is 0. The second-order valence-electron chi connectivity index (χ2n) is 5.78. The van der Waals surface area contributed by atoms with Gasteiger partial charge in [-0.25, -0.2) is 0 Å². The topological polar surface area (TPSA) is 12.0 Å². The molecule has 0 saturated heterocycles. The largest absolute Gasteiger partial charge is 0.316 e. The van der Waals surface area contributed by atoms with Gasteiger partial charge in [-0.1, -0.05) is 55.8 Å². The monoisotopic (exact) mass is 259 g/mol. The molecule has 0 amide bonds. The van der Waals surface area contributed by atoms with E-state index in [1.165, 1.54) is 30.4 Å². The molecule has 1 N–H and O–H groups in total. The molecule has 0 aliphatic rings. The van der Waals surface area contributed by atoms with Crippen molar-refractivity contribution in [3.8, 4) is 0 Å². The Kier molecular flexibility index (Phi) is 8.24. The van der Waals surface area contributed by atoms with Crippen molar-refractivity contribution in [2.24, 2.45) is 5.92 Å². The highest BCUT2D eigenvalue weighted by Crippen LogP contribution is 2.10. The van der Waals surface area contributed by atoms with Gasteiger partial charge in [-0.3, -0.25) is 0 Å². The van der Waals surface area contributed by atoms with E-state index in [0.29, 0.717) is 0 Å². The average Bonchev–Trinajstić information content (AvgIpc) is 2.39. The average molecular weight is 259 g/mol. The minimum atomic E-state index is 0.746. The van der Waals surface area contributed by atoms with Crippen LogP contribution in [-0.4, -0.2) is 13.1 Å². The van der Waals surface area contributed by atoms with Crippen LogP contribution in [0.3, 0.4) is 0 Å². The fourth-order valence-electron chi connectivity index (χ4n) is 2.13. The summed E-state index contributed by atoms with van der Waals surface area (Å²) in [6.45, 7) is 8.98. The molecule has 1 heteroatoms. The van der Waals surface area contributed by atoms with Gasteiger partial charge in [-0.2, -0.15) is 0 Å². The molecular formula is C18H29N. The van der Waals surface area contributed by atoms with E-state index in [4.69, 9.17) is 0 Å². The third-order valence-corrected chi connectivity index (χ3v) is 3.25. The Labute approximate surface area is 119 Å². The Morgan fingerprint density at radius 3 is 2.63 bits per heavy atom. The van der Waals surface area contributed by atoms with Crippen LogP contribution in [-0.2, 0) is 6.42 Å². The van der Waals surface area contributed by atoms with Crippen LogP contribution in [0.4, 0.5) is 0 Å². The summed E-state index contributed by atoms with van der Waals surface area (Å²) in [4.78, 5) is 0. The van der Waals surface area contributed by atoms with Crippen molar-refractivity contribution in [3.05, 3.63) is 47.5 Å². The molecular weight excluding hydrogens is 230 g/mol. The maximum atomic E-state index is 3.48. The molecule has 0 heterocycles. The van der Waals surface area contributed by atoms with Crippen molar-refractivity contribution in [3.63, 3.8) is 0 Å². The number of allylic oxidation sites excluding steroid dienone is 1. The second kappa shape index (κ2) is 9.80. The van der Waals surface area contributed by atoms with Crippen LogP contribution < -0.4 is 5.32 Å². The summed E-state index contributed by atoms with van der Waals surface area (Å²) in [5.74, 6) is 0.746. The Balaban J connectivity index is 2.08. The standard InChI is InChI=1S/C18H29N/c1-16(2)15-19-14-8-10-17(3)9-7-13-18-11-5-4-6-12-18/h4-6,10-12,16,19H,7-9,13-15H2,1-3H3. The van der Waals surface area contributed by atoms with E-state index >= 15 is 0 Å². The van der Waals surface area contributed by atoms with Gasteiger partial charge in [0.1, 0.15) is 0 Å². The van der Waals surface area contributed by atoms with E-state index in [1.807, 2.05) is 0 Å². The smallest absolute Gasteiger partial charge is 0.00141 e. The molecule has 1 aromatic rings. The Morgan fingerprint density at radius 2 is 1.95 bits per heavy atom. The first kappa shape index (κ1) is 16.0. The first-order chi connectivity index (χ1) is 9.18. The summed E-state index contributed by atoms with van der Waals surface area (Å²) in [5, 5.41) is 3.48. The fourth-order valence-corrected chi connectivity index (χ4v) is 2.13. The lowest BCUT2D eigenvalue weighted by molar-refractivity contribution is 0.556. The van der Waals surface area contributed by atoms with E-state index in [9.17, 15) is 0 Å². The number of hydrogen-bond donors (Lipinski definition) is 1. The molecule has 0 aliphatic heterocycles. The van der Waals surface area contributed by atoms with Crippen LogP contribution in [0.1, 0.15) is 45.6 Å². The Bertz CT molecular complexity index is 351. The van der Waals surface area contributed by atoms with Gasteiger partial charge >= 0.3 is 0 Å². The van der Waals surface area contributed by atoms with Crippen LogP contribution in [0.5, 0.6) is 0 Å². The fraction of sp³-hybridized carbons (Fsp3) is 0.556. The van der Waals surface area contributed by atoms with Gasteiger partial charge < -0.3 is 5.32 Å². The van der Waals surface area contributed by atoms with Crippen LogP contribution in [0.15, 0.2) is 42.0 Å². The molecule has 0 unspecified atom stereocenters.